The zero-order valence-electron chi connectivity index (χ0n) is 17.5. The molecule has 0 radical (unpaired) electrons. The van der Waals surface area contributed by atoms with Gasteiger partial charge in [-0.3, -0.25) is 14.4 Å². The number of ketones is 2. The lowest BCUT2D eigenvalue weighted by atomic mass is 9.82. The van der Waals surface area contributed by atoms with E-state index in [0.29, 0.717) is 11.8 Å². The fourth-order valence-corrected chi connectivity index (χ4v) is 4.13. The summed E-state index contributed by atoms with van der Waals surface area (Å²) in [6.07, 6.45) is 3.01. The highest BCUT2D eigenvalue weighted by molar-refractivity contribution is 5.93. The Kier molecular flexibility index (Phi) is 9.60. The molecule has 0 aliphatic heterocycles. The first kappa shape index (κ1) is 23.8. The molecule has 0 spiro atoms. The topological polar surface area (TPSA) is 109 Å². The van der Waals surface area contributed by atoms with E-state index < -0.39 is 24.0 Å². The molecule has 1 aliphatic rings. The first-order chi connectivity index (χ1) is 12.6. The van der Waals surface area contributed by atoms with Crippen LogP contribution in [0.15, 0.2) is 0 Å². The largest absolute Gasteiger partial charge is 0.393 e. The zero-order valence-corrected chi connectivity index (χ0v) is 17.5. The number of hydrogen-bond donors (Lipinski definition) is 3. The van der Waals surface area contributed by atoms with Gasteiger partial charge in [0.25, 0.3) is 0 Å². The molecule has 0 aromatic rings. The van der Waals surface area contributed by atoms with Gasteiger partial charge in [-0.1, -0.05) is 34.1 Å². The Bertz CT molecular complexity index is 516. The average molecular weight is 383 g/mol. The number of aliphatic hydroxyl groups excluding tert-OH is 1. The first-order valence-corrected chi connectivity index (χ1v) is 10.3. The number of aliphatic hydroxyl groups is 1. The maximum absolute atomic E-state index is 12.9. The van der Waals surface area contributed by atoms with Gasteiger partial charge in [0.2, 0.25) is 5.91 Å². The predicted octanol–water partition coefficient (Wildman–Crippen LogP) is 2.07. The lowest BCUT2D eigenvalue weighted by Crippen LogP contribution is -2.51. The number of nitrogens with one attached hydrogen (secondary N) is 1. The second-order valence-electron chi connectivity index (χ2n) is 8.80. The van der Waals surface area contributed by atoms with Gasteiger partial charge >= 0.3 is 0 Å². The second-order valence-corrected chi connectivity index (χ2v) is 8.80. The van der Waals surface area contributed by atoms with Crippen molar-refractivity contribution < 1.29 is 19.5 Å². The summed E-state index contributed by atoms with van der Waals surface area (Å²) in [7, 11) is 0. The van der Waals surface area contributed by atoms with Gasteiger partial charge in [0.05, 0.1) is 18.1 Å². The maximum Gasteiger partial charge on any atom is 0.226 e. The summed E-state index contributed by atoms with van der Waals surface area (Å²) in [4.78, 5) is 37.7. The number of carbonyl (C=O) groups is 3. The smallest absolute Gasteiger partial charge is 0.226 e. The standard InChI is InChI=1S/C21H38N2O4/c1-12(2)9-15-7-6-8-16(15)19(25)10-17(14(5)24)21(27)23-18(11-22)20(26)13(3)4/h12-18,24H,6-11,22H2,1-5H3,(H,23,27)/t14-,15-,16+,17-,18-/m0/s1. The highest BCUT2D eigenvalue weighted by Gasteiger charge is 2.37. The molecular weight excluding hydrogens is 344 g/mol. The molecule has 0 saturated heterocycles. The number of carbonyl (C=O) groups excluding carboxylic acids is 3. The second kappa shape index (κ2) is 10.9. The van der Waals surface area contributed by atoms with E-state index in [1.165, 1.54) is 6.92 Å². The SMILES string of the molecule is CC(C)C[C@@H]1CCC[C@H]1C(=O)C[C@H](C(=O)N[C@@H](CN)C(=O)C(C)C)[C@H](C)O. The summed E-state index contributed by atoms with van der Waals surface area (Å²) in [5.41, 5.74) is 5.64. The summed E-state index contributed by atoms with van der Waals surface area (Å²) in [6.45, 7) is 9.33. The van der Waals surface area contributed by atoms with E-state index in [2.05, 4.69) is 19.2 Å². The van der Waals surface area contributed by atoms with E-state index >= 15 is 0 Å². The Morgan fingerprint density at radius 2 is 1.74 bits per heavy atom. The Morgan fingerprint density at radius 1 is 1.11 bits per heavy atom. The summed E-state index contributed by atoms with van der Waals surface area (Å²) in [5, 5.41) is 12.7. The Morgan fingerprint density at radius 3 is 2.22 bits per heavy atom. The molecule has 6 nitrogen and oxygen atoms in total. The Balaban J connectivity index is 2.78. The van der Waals surface area contributed by atoms with Gasteiger partial charge < -0.3 is 16.2 Å². The fourth-order valence-electron chi connectivity index (χ4n) is 4.13. The number of amides is 1. The molecule has 1 rings (SSSR count). The van der Waals surface area contributed by atoms with Gasteiger partial charge in [-0.25, -0.2) is 0 Å². The first-order valence-electron chi connectivity index (χ1n) is 10.3. The van der Waals surface area contributed by atoms with Gasteiger partial charge in [0.15, 0.2) is 5.78 Å². The van der Waals surface area contributed by atoms with Crippen LogP contribution in [0.3, 0.4) is 0 Å². The number of nitrogens with two attached hydrogens (primary N) is 1. The van der Waals surface area contributed by atoms with Crippen LogP contribution in [0.25, 0.3) is 0 Å². The molecule has 0 heterocycles. The minimum Gasteiger partial charge on any atom is -0.393 e. The van der Waals surface area contributed by atoms with Crippen molar-refractivity contribution in [3.05, 3.63) is 0 Å². The van der Waals surface area contributed by atoms with E-state index in [1.807, 2.05) is 0 Å². The highest BCUT2D eigenvalue weighted by Crippen LogP contribution is 2.38. The molecular formula is C21H38N2O4. The molecule has 1 fully saturated rings. The van der Waals surface area contributed by atoms with Crippen molar-refractivity contribution >= 4 is 17.5 Å². The molecule has 0 aromatic carbocycles. The van der Waals surface area contributed by atoms with Gasteiger partial charge in [-0.05, 0) is 38.0 Å². The van der Waals surface area contributed by atoms with Crippen molar-refractivity contribution in [1.82, 2.24) is 5.32 Å². The minimum atomic E-state index is -0.966. The number of hydrogen-bond acceptors (Lipinski definition) is 5. The summed E-state index contributed by atoms with van der Waals surface area (Å²) in [6, 6.07) is -0.783. The van der Waals surface area contributed by atoms with Crippen molar-refractivity contribution in [1.29, 1.82) is 0 Å². The van der Waals surface area contributed by atoms with Crippen molar-refractivity contribution in [3.63, 3.8) is 0 Å². The van der Waals surface area contributed by atoms with Crippen LogP contribution in [0.1, 0.15) is 66.7 Å². The third-order valence-electron chi connectivity index (χ3n) is 5.65. The third-order valence-corrected chi connectivity index (χ3v) is 5.65. The lowest BCUT2D eigenvalue weighted by molar-refractivity contribution is -0.137. The lowest BCUT2D eigenvalue weighted by Gasteiger charge is -2.26. The molecule has 156 valence electrons. The van der Waals surface area contributed by atoms with Gasteiger partial charge in [0.1, 0.15) is 5.78 Å². The monoisotopic (exact) mass is 382 g/mol. The molecule has 5 atom stereocenters. The molecule has 27 heavy (non-hydrogen) atoms. The molecule has 0 bridgehead atoms. The van der Waals surface area contributed by atoms with Crippen molar-refractivity contribution in [2.45, 2.75) is 78.9 Å². The Labute approximate surface area is 163 Å². The minimum absolute atomic E-state index is 0.00230. The molecule has 1 amide bonds. The van der Waals surface area contributed by atoms with E-state index in [9.17, 15) is 19.5 Å². The predicted molar refractivity (Wildman–Crippen MR) is 106 cm³/mol. The maximum atomic E-state index is 12.9. The molecule has 4 N–H and O–H groups in total. The van der Waals surface area contributed by atoms with E-state index in [4.69, 9.17) is 5.73 Å². The summed E-state index contributed by atoms with van der Waals surface area (Å²) in [5.74, 6) is -0.785. The van der Waals surface area contributed by atoms with Gasteiger partial charge in [0, 0.05) is 24.8 Å². The zero-order chi connectivity index (χ0) is 20.7. The molecule has 0 aromatic heterocycles. The number of Topliss-reactive ketones (excluding diaryl/α,β-unsaturated/α-hetero) is 2. The van der Waals surface area contributed by atoms with Gasteiger partial charge in [-0.15, -0.1) is 0 Å². The van der Waals surface area contributed by atoms with E-state index in [0.717, 1.165) is 25.7 Å². The van der Waals surface area contributed by atoms with Crippen LogP contribution in [0.2, 0.25) is 0 Å². The number of rotatable bonds is 11. The van der Waals surface area contributed by atoms with Crippen LogP contribution >= 0.6 is 0 Å². The Hall–Kier alpha value is -1.27. The van der Waals surface area contributed by atoms with E-state index in [-0.39, 0.29) is 36.4 Å². The summed E-state index contributed by atoms with van der Waals surface area (Å²) >= 11 is 0. The quantitative estimate of drug-likeness (QED) is 0.507. The molecule has 1 saturated carbocycles. The van der Waals surface area contributed by atoms with Crippen LogP contribution in [0.4, 0.5) is 0 Å². The highest BCUT2D eigenvalue weighted by atomic mass is 16.3. The van der Waals surface area contributed by atoms with E-state index in [1.54, 1.807) is 13.8 Å². The molecule has 0 unspecified atom stereocenters. The van der Waals surface area contributed by atoms with Crippen LogP contribution in [-0.2, 0) is 14.4 Å². The van der Waals surface area contributed by atoms with Crippen LogP contribution < -0.4 is 11.1 Å². The van der Waals surface area contributed by atoms with Crippen LogP contribution in [-0.4, -0.2) is 41.3 Å². The molecule has 1 aliphatic carbocycles. The van der Waals surface area contributed by atoms with Gasteiger partial charge in [-0.2, -0.15) is 0 Å². The fraction of sp³-hybridized carbons (Fsp3) is 0.857. The van der Waals surface area contributed by atoms with Crippen molar-refractivity contribution in [2.75, 3.05) is 6.54 Å². The summed E-state index contributed by atoms with van der Waals surface area (Å²) < 4.78 is 0. The van der Waals surface area contributed by atoms with Crippen molar-refractivity contribution in [2.24, 2.45) is 35.3 Å². The average Bonchev–Trinajstić information content (AvgIpc) is 3.03. The van der Waals surface area contributed by atoms with Crippen molar-refractivity contribution in [3.8, 4) is 0 Å². The third kappa shape index (κ3) is 7.00. The van der Waals surface area contributed by atoms with Crippen LogP contribution in [0, 0.1) is 29.6 Å². The van der Waals surface area contributed by atoms with Crippen LogP contribution in [0.5, 0.6) is 0 Å². The normalized spacial score (nSPS) is 23.3. The molecule has 6 heteroatoms.